The van der Waals surface area contributed by atoms with Gasteiger partial charge in [0, 0.05) is 0 Å². The molecule has 0 nitrogen and oxygen atoms in total. The van der Waals surface area contributed by atoms with Gasteiger partial charge in [0.2, 0.25) is 0 Å². The quantitative estimate of drug-likeness (QED) is 0.480. The predicted octanol–water partition coefficient (Wildman–Crippen LogP) is 4.40. The molecule has 0 aliphatic heterocycles. The van der Waals surface area contributed by atoms with Gasteiger partial charge in [0.05, 0.1) is 0 Å². The van der Waals surface area contributed by atoms with Crippen molar-refractivity contribution in [1.29, 1.82) is 0 Å². The summed E-state index contributed by atoms with van der Waals surface area (Å²) in [6, 6.07) is 0. The Balaban J connectivity index is 2.28. The molecule has 0 unspecified atom stereocenters. The Labute approximate surface area is 82.0 Å². The molecule has 0 atom stereocenters. The highest BCUT2D eigenvalue weighted by molar-refractivity contribution is 4.97. The first-order chi connectivity index (χ1) is 6.50. The van der Waals surface area contributed by atoms with Crippen LogP contribution in [0.2, 0.25) is 0 Å². The Morgan fingerprint density at radius 2 is 0.923 bits per heavy atom. The fourth-order valence-corrected chi connectivity index (χ4v) is 1.48. The van der Waals surface area contributed by atoms with E-state index in [1.165, 1.54) is 32.1 Å². The summed E-state index contributed by atoms with van der Waals surface area (Å²) in [6.45, 7) is 0. The van der Waals surface area contributed by atoms with Crippen LogP contribution in [-0.4, -0.2) is 0 Å². The molecule has 1 aliphatic rings. The van der Waals surface area contributed by atoms with E-state index < -0.39 is 0 Å². The minimum atomic E-state index is 1.10. The Morgan fingerprint density at radius 3 is 1.46 bits per heavy atom. The van der Waals surface area contributed by atoms with Crippen molar-refractivity contribution < 1.29 is 0 Å². The number of hydrogen-bond acceptors (Lipinski definition) is 0. The normalized spacial score (nSPS) is 27.7. The fourth-order valence-electron chi connectivity index (χ4n) is 1.48. The van der Waals surface area contributed by atoms with Crippen molar-refractivity contribution in [3.05, 3.63) is 36.5 Å². The zero-order chi connectivity index (χ0) is 9.19. The van der Waals surface area contributed by atoms with Crippen LogP contribution in [0.25, 0.3) is 0 Å². The number of hydrogen-bond donors (Lipinski definition) is 0. The monoisotopic (exact) mass is 176 g/mol. The summed E-state index contributed by atoms with van der Waals surface area (Å²) in [5, 5.41) is 0. The molecule has 0 heterocycles. The first-order valence-corrected chi connectivity index (χ1v) is 5.45. The highest BCUT2D eigenvalue weighted by atomic mass is 13.9. The van der Waals surface area contributed by atoms with E-state index in [1.807, 2.05) is 0 Å². The molecule has 1 rings (SSSR count). The molecule has 0 bridgehead atoms. The van der Waals surface area contributed by atoms with Gasteiger partial charge < -0.3 is 0 Å². The molecule has 0 spiro atoms. The SMILES string of the molecule is C1=C\C/C=C/CCCCC/C=C\C/1. The summed E-state index contributed by atoms with van der Waals surface area (Å²) in [6.07, 6.45) is 22.5. The number of allylic oxidation sites excluding steroid dienone is 6. The third-order valence-electron chi connectivity index (χ3n) is 2.29. The van der Waals surface area contributed by atoms with E-state index in [0.717, 1.165) is 12.8 Å². The van der Waals surface area contributed by atoms with E-state index >= 15 is 0 Å². The Bertz CT molecular complexity index is 164. The van der Waals surface area contributed by atoms with Gasteiger partial charge in [0.25, 0.3) is 0 Å². The van der Waals surface area contributed by atoms with E-state index in [2.05, 4.69) is 36.5 Å². The van der Waals surface area contributed by atoms with Gasteiger partial charge in [-0.3, -0.25) is 0 Å². The van der Waals surface area contributed by atoms with E-state index in [-0.39, 0.29) is 0 Å². The Hall–Kier alpha value is -0.780. The summed E-state index contributed by atoms with van der Waals surface area (Å²) < 4.78 is 0. The van der Waals surface area contributed by atoms with Gasteiger partial charge in [0.15, 0.2) is 0 Å². The molecule has 72 valence electrons. The summed E-state index contributed by atoms with van der Waals surface area (Å²) in [4.78, 5) is 0. The van der Waals surface area contributed by atoms with Gasteiger partial charge in [-0.25, -0.2) is 0 Å². The van der Waals surface area contributed by atoms with Gasteiger partial charge in [-0.2, -0.15) is 0 Å². The summed E-state index contributed by atoms with van der Waals surface area (Å²) in [5.74, 6) is 0. The van der Waals surface area contributed by atoms with Crippen molar-refractivity contribution in [2.45, 2.75) is 44.9 Å². The highest BCUT2D eigenvalue weighted by Crippen LogP contribution is 2.06. The van der Waals surface area contributed by atoms with Crippen LogP contribution >= 0.6 is 0 Å². The second-order valence-electron chi connectivity index (χ2n) is 3.52. The van der Waals surface area contributed by atoms with Gasteiger partial charge >= 0.3 is 0 Å². The molecule has 0 radical (unpaired) electrons. The smallest absolute Gasteiger partial charge is 0.0169 e. The third-order valence-corrected chi connectivity index (χ3v) is 2.29. The van der Waals surface area contributed by atoms with Crippen LogP contribution in [0.1, 0.15) is 44.9 Å². The summed E-state index contributed by atoms with van der Waals surface area (Å²) >= 11 is 0. The summed E-state index contributed by atoms with van der Waals surface area (Å²) in [7, 11) is 0. The zero-order valence-electron chi connectivity index (χ0n) is 8.41. The molecule has 0 amide bonds. The second-order valence-corrected chi connectivity index (χ2v) is 3.52. The highest BCUT2D eigenvalue weighted by Gasteiger charge is 1.86. The van der Waals surface area contributed by atoms with Gasteiger partial charge in [-0.15, -0.1) is 0 Å². The molecule has 1 aliphatic carbocycles. The van der Waals surface area contributed by atoms with E-state index in [4.69, 9.17) is 0 Å². The molecule has 0 saturated heterocycles. The van der Waals surface area contributed by atoms with Crippen LogP contribution in [0, 0.1) is 0 Å². The van der Waals surface area contributed by atoms with Crippen LogP contribution in [-0.2, 0) is 0 Å². The largest absolute Gasteiger partial charge is 0.0882 e. The van der Waals surface area contributed by atoms with Crippen molar-refractivity contribution in [2.24, 2.45) is 0 Å². The third kappa shape index (κ3) is 6.39. The number of rotatable bonds is 0. The lowest BCUT2D eigenvalue weighted by Gasteiger charge is -1.94. The van der Waals surface area contributed by atoms with Gasteiger partial charge in [-0.1, -0.05) is 42.9 Å². The first-order valence-electron chi connectivity index (χ1n) is 5.45. The van der Waals surface area contributed by atoms with Crippen LogP contribution in [0.5, 0.6) is 0 Å². The van der Waals surface area contributed by atoms with E-state index in [1.54, 1.807) is 0 Å². The lowest BCUT2D eigenvalue weighted by molar-refractivity contribution is 0.695. The van der Waals surface area contributed by atoms with Crippen molar-refractivity contribution >= 4 is 0 Å². The van der Waals surface area contributed by atoms with Crippen LogP contribution in [0.3, 0.4) is 0 Å². The maximum atomic E-state index is 2.32. The van der Waals surface area contributed by atoms with Crippen molar-refractivity contribution in [3.8, 4) is 0 Å². The molecule has 0 N–H and O–H groups in total. The van der Waals surface area contributed by atoms with Crippen LogP contribution < -0.4 is 0 Å². The minimum absolute atomic E-state index is 1.10. The molecule has 0 aromatic heterocycles. The molecule has 0 aromatic carbocycles. The maximum absolute atomic E-state index is 2.32. The lowest BCUT2D eigenvalue weighted by Crippen LogP contribution is -1.74. The average Bonchev–Trinajstić information content (AvgIpc) is 2.18. The van der Waals surface area contributed by atoms with E-state index in [0.29, 0.717) is 0 Å². The Kier molecular flexibility index (Phi) is 6.22. The molecule has 0 aromatic rings. The average molecular weight is 176 g/mol. The molecular weight excluding hydrogens is 156 g/mol. The molecule has 13 heavy (non-hydrogen) atoms. The summed E-state index contributed by atoms with van der Waals surface area (Å²) in [5.41, 5.74) is 0. The fraction of sp³-hybridized carbons (Fsp3) is 0.538. The molecule has 0 heteroatoms. The van der Waals surface area contributed by atoms with Crippen molar-refractivity contribution in [1.82, 2.24) is 0 Å². The first kappa shape index (κ1) is 10.3. The van der Waals surface area contributed by atoms with E-state index in [9.17, 15) is 0 Å². The topological polar surface area (TPSA) is 0 Å². The maximum Gasteiger partial charge on any atom is -0.0169 e. The van der Waals surface area contributed by atoms with Crippen LogP contribution in [0.4, 0.5) is 0 Å². The zero-order valence-corrected chi connectivity index (χ0v) is 8.41. The van der Waals surface area contributed by atoms with Crippen LogP contribution in [0.15, 0.2) is 36.5 Å². The molecular formula is C13H20. The standard InChI is InChI=1S/C13H20/c1-2-4-6-8-10-12-13-11-9-7-5-3-1/h1-2,5-8H,3-4,9-13H2/b2-1-,7-5-,8-6+. The molecule has 0 fully saturated rings. The second kappa shape index (κ2) is 7.85. The van der Waals surface area contributed by atoms with Gasteiger partial charge in [0.1, 0.15) is 0 Å². The van der Waals surface area contributed by atoms with Crippen molar-refractivity contribution in [3.63, 3.8) is 0 Å². The van der Waals surface area contributed by atoms with Gasteiger partial charge in [-0.05, 0) is 38.5 Å². The van der Waals surface area contributed by atoms with Crippen molar-refractivity contribution in [2.75, 3.05) is 0 Å². The Morgan fingerprint density at radius 1 is 0.462 bits per heavy atom. The molecule has 0 saturated carbocycles. The lowest BCUT2D eigenvalue weighted by atomic mass is 10.1. The minimum Gasteiger partial charge on any atom is -0.0882 e. The predicted molar refractivity (Wildman–Crippen MR) is 59.7 cm³/mol.